The number of rotatable bonds is 6. The fourth-order valence-electron chi connectivity index (χ4n) is 3.19. The molecule has 5 nitrogen and oxygen atoms in total. The summed E-state index contributed by atoms with van der Waals surface area (Å²) in [6.45, 7) is 2.72. The summed E-state index contributed by atoms with van der Waals surface area (Å²) >= 11 is 1.43. The average molecular weight is 418 g/mol. The number of ether oxygens (including phenoxy) is 1. The summed E-state index contributed by atoms with van der Waals surface area (Å²) < 4.78 is 7.24. The highest BCUT2D eigenvalue weighted by molar-refractivity contribution is 8.18. The molecular weight excluding hydrogens is 394 g/mol. The van der Waals surface area contributed by atoms with Gasteiger partial charge in [0.05, 0.1) is 17.7 Å². The van der Waals surface area contributed by atoms with Gasteiger partial charge in [-0.25, -0.2) is 4.99 Å². The van der Waals surface area contributed by atoms with Crippen LogP contribution < -0.4 is 4.74 Å². The van der Waals surface area contributed by atoms with Crippen molar-refractivity contribution in [1.82, 2.24) is 9.47 Å². The third-order valence-electron chi connectivity index (χ3n) is 4.70. The molecule has 1 fully saturated rings. The van der Waals surface area contributed by atoms with Crippen LogP contribution in [0.15, 0.2) is 83.0 Å². The zero-order valence-electron chi connectivity index (χ0n) is 17.0. The van der Waals surface area contributed by atoms with Gasteiger partial charge in [0.2, 0.25) is 0 Å². The smallest absolute Gasteiger partial charge is 0.266 e. The minimum absolute atomic E-state index is 0.00808. The molecule has 2 heterocycles. The predicted molar refractivity (Wildman–Crippen MR) is 123 cm³/mol. The molecule has 6 heteroatoms. The molecule has 152 valence electrons. The summed E-state index contributed by atoms with van der Waals surface area (Å²) in [6.07, 6.45) is 6.81. The number of aliphatic imine (C=N–C) groups is 1. The molecule has 0 bridgehead atoms. The van der Waals surface area contributed by atoms with Crippen LogP contribution in [0.25, 0.3) is 11.8 Å². The van der Waals surface area contributed by atoms with Crippen molar-refractivity contribution in [3.63, 3.8) is 0 Å². The number of nitrogens with zero attached hydrogens (tertiary/aromatic N) is 3. The molecule has 0 radical (unpaired) electrons. The van der Waals surface area contributed by atoms with Crippen LogP contribution in [0.4, 0.5) is 5.69 Å². The number of benzene rings is 2. The number of para-hydroxylation sites is 1. The van der Waals surface area contributed by atoms with Crippen molar-refractivity contribution in [2.24, 2.45) is 4.99 Å². The maximum Gasteiger partial charge on any atom is 0.266 e. The quantitative estimate of drug-likeness (QED) is 0.498. The van der Waals surface area contributed by atoms with Crippen LogP contribution in [0, 0.1) is 0 Å². The fourth-order valence-corrected chi connectivity index (χ4v) is 4.21. The second kappa shape index (κ2) is 9.05. The minimum atomic E-state index is 0.00808. The van der Waals surface area contributed by atoms with Crippen LogP contribution in [0.5, 0.6) is 5.75 Å². The van der Waals surface area contributed by atoms with Gasteiger partial charge in [0, 0.05) is 24.6 Å². The molecule has 0 saturated carbocycles. The van der Waals surface area contributed by atoms with E-state index in [1.807, 2.05) is 83.7 Å². The highest BCUT2D eigenvalue weighted by Gasteiger charge is 2.32. The maximum absolute atomic E-state index is 13.0. The van der Waals surface area contributed by atoms with Gasteiger partial charge in [-0.05, 0) is 72.3 Å². The van der Waals surface area contributed by atoms with Crippen LogP contribution in [-0.4, -0.2) is 34.2 Å². The molecule has 1 aliphatic rings. The third-order valence-corrected chi connectivity index (χ3v) is 5.71. The first-order chi connectivity index (χ1) is 14.7. The largest absolute Gasteiger partial charge is 0.497 e. The van der Waals surface area contributed by atoms with Gasteiger partial charge < -0.3 is 9.30 Å². The van der Waals surface area contributed by atoms with E-state index in [0.29, 0.717) is 11.4 Å². The van der Waals surface area contributed by atoms with Crippen molar-refractivity contribution in [1.29, 1.82) is 0 Å². The Morgan fingerprint density at radius 2 is 1.83 bits per heavy atom. The molecule has 30 heavy (non-hydrogen) atoms. The molecule has 0 N–H and O–H groups in total. The number of aromatic nitrogens is 1. The predicted octanol–water partition coefficient (Wildman–Crippen LogP) is 5.50. The van der Waals surface area contributed by atoms with E-state index in [9.17, 15) is 4.79 Å². The van der Waals surface area contributed by atoms with Crippen molar-refractivity contribution in [2.45, 2.75) is 13.3 Å². The van der Waals surface area contributed by atoms with Gasteiger partial charge >= 0.3 is 0 Å². The first-order valence-electron chi connectivity index (χ1n) is 9.85. The summed E-state index contributed by atoms with van der Waals surface area (Å²) in [5, 5.41) is 0.730. The summed E-state index contributed by atoms with van der Waals surface area (Å²) in [5.41, 5.74) is 2.85. The Morgan fingerprint density at radius 3 is 2.53 bits per heavy atom. The number of hydrogen-bond acceptors (Lipinski definition) is 4. The van der Waals surface area contributed by atoms with Gasteiger partial charge in [-0.1, -0.05) is 25.1 Å². The van der Waals surface area contributed by atoms with E-state index < -0.39 is 0 Å². The molecule has 1 saturated heterocycles. The van der Waals surface area contributed by atoms with Gasteiger partial charge in [-0.2, -0.15) is 0 Å². The Labute approximate surface area is 180 Å². The van der Waals surface area contributed by atoms with E-state index in [1.165, 1.54) is 11.8 Å². The van der Waals surface area contributed by atoms with Crippen LogP contribution in [0.2, 0.25) is 0 Å². The third kappa shape index (κ3) is 4.33. The summed E-state index contributed by atoms with van der Waals surface area (Å²) in [6, 6.07) is 19.6. The monoisotopic (exact) mass is 417 g/mol. The SMILES string of the molecule is CCCN1C(=O)/C(=C\c2ccn(-c3ccc(OC)cc3)c2)SC1=Nc1ccccc1. The van der Waals surface area contributed by atoms with Crippen molar-refractivity contribution in [3.05, 3.63) is 83.5 Å². The van der Waals surface area contributed by atoms with Gasteiger partial charge in [0.1, 0.15) is 5.75 Å². The number of methoxy groups -OCH3 is 1. The first kappa shape index (κ1) is 20.0. The van der Waals surface area contributed by atoms with Crippen molar-refractivity contribution in [3.8, 4) is 11.4 Å². The second-order valence-corrected chi connectivity index (χ2v) is 7.86. The Kier molecular flexibility index (Phi) is 6.05. The number of amides is 1. The van der Waals surface area contributed by atoms with Crippen LogP contribution in [0.3, 0.4) is 0 Å². The van der Waals surface area contributed by atoms with Gasteiger partial charge in [-0.15, -0.1) is 0 Å². The van der Waals surface area contributed by atoms with Crippen LogP contribution in [-0.2, 0) is 4.79 Å². The Balaban J connectivity index is 1.59. The summed E-state index contributed by atoms with van der Waals surface area (Å²) in [7, 11) is 1.66. The standard InChI is InChI=1S/C24H23N3O2S/c1-3-14-27-23(28)22(30-24(27)25-19-7-5-4-6-8-19)16-18-13-15-26(17-18)20-9-11-21(29-2)12-10-20/h4-13,15-17H,3,14H2,1-2H3/b22-16+,25-24?. The van der Waals surface area contributed by atoms with Crippen molar-refractivity contribution >= 4 is 34.6 Å². The van der Waals surface area contributed by atoms with E-state index in [0.717, 1.165) is 34.3 Å². The molecule has 0 unspecified atom stereocenters. The van der Waals surface area contributed by atoms with E-state index in [1.54, 1.807) is 12.0 Å². The Morgan fingerprint density at radius 1 is 1.07 bits per heavy atom. The summed E-state index contributed by atoms with van der Waals surface area (Å²) in [5.74, 6) is 0.830. The Hall–Kier alpha value is -3.25. The minimum Gasteiger partial charge on any atom is -0.497 e. The molecule has 0 aliphatic carbocycles. The molecule has 3 aromatic rings. The molecule has 0 spiro atoms. The topological polar surface area (TPSA) is 46.8 Å². The van der Waals surface area contributed by atoms with Crippen LogP contribution >= 0.6 is 11.8 Å². The van der Waals surface area contributed by atoms with Crippen LogP contribution in [0.1, 0.15) is 18.9 Å². The number of hydrogen-bond donors (Lipinski definition) is 0. The van der Waals surface area contributed by atoms with E-state index in [2.05, 4.69) is 6.92 Å². The van der Waals surface area contributed by atoms with Gasteiger partial charge in [-0.3, -0.25) is 9.69 Å². The lowest BCUT2D eigenvalue weighted by Crippen LogP contribution is -2.29. The molecule has 1 aromatic heterocycles. The van der Waals surface area contributed by atoms with Gasteiger partial charge in [0.25, 0.3) is 5.91 Å². The molecule has 1 aliphatic heterocycles. The van der Waals surface area contributed by atoms with E-state index >= 15 is 0 Å². The van der Waals surface area contributed by atoms with Gasteiger partial charge in [0.15, 0.2) is 5.17 Å². The average Bonchev–Trinajstić information content (AvgIpc) is 3.35. The molecule has 1 amide bonds. The fraction of sp³-hybridized carbons (Fsp3) is 0.167. The lowest BCUT2D eigenvalue weighted by Gasteiger charge is -2.13. The normalized spacial score (nSPS) is 16.6. The number of carbonyl (C=O) groups excluding carboxylic acids is 1. The van der Waals surface area contributed by atoms with E-state index in [4.69, 9.17) is 9.73 Å². The zero-order chi connectivity index (χ0) is 20.9. The highest BCUT2D eigenvalue weighted by Crippen LogP contribution is 2.34. The highest BCUT2D eigenvalue weighted by atomic mass is 32.2. The number of amidine groups is 1. The molecule has 4 rings (SSSR count). The molecular formula is C24H23N3O2S. The molecule has 2 aromatic carbocycles. The van der Waals surface area contributed by atoms with Crippen molar-refractivity contribution in [2.75, 3.05) is 13.7 Å². The summed E-state index contributed by atoms with van der Waals surface area (Å²) in [4.78, 5) is 20.1. The van der Waals surface area contributed by atoms with E-state index in [-0.39, 0.29) is 5.91 Å². The lowest BCUT2D eigenvalue weighted by atomic mass is 10.3. The number of thioether (sulfide) groups is 1. The maximum atomic E-state index is 13.0. The Bertz CT molecular complexity index is 1090. The zero-order valence-corrected chi connectivity index (χ0v) is 17.8. The molecule has 0 atom stereocenters. The van der Waals surface area contributed by atoms with Crippen molar-refractivity contribution < 1.29 is 9.53 Å². The number of carbonyl (C=O) groups is 1. The first-order valence-corrected chi connectivity index (χ1v) is 10.7. The second-order valence-electron chi connectivity index (χ2n) is 6.85. The lowest BCUT2D eigenvalue weighted by molar-refractivity contribution is -0.122.